The zero-order valence-electron chi connectivity index (χ0n) is 12.3. The molecular formula is C12H30N2O3Si. The SMILES string of the molecule is CCCO[Si](OCCC)(OCCC)C(C)NCN. The first-order valence-corrected chi connectivity index (χ1v) is 8.82. The maximum Gasteiger partial charge on any atom is 0.518 e. The Morgan fingerprint density at radius 1 is 0.944 bits per heavy atom. The molecule has 0 spiro atoms. The molecule has 0 aromatic rings. The van der Waals surface area contributed by atoms with Gasteiger partial charge in [0.05, 0.1) is 5.67 Å². The van der Waals surface area contributed by atoms with E-state index in [1.165, 1.54) is 0 Å². The highest BCUT2D eigenvalue weighted by Crippen LogP contribution is 2.16. The first-order valence-electron chi connectivity index (χ1n) is 7.02. The summed E-state index contributed by atoms with van der Waals surface area (Å²) in [7, 11) is -2.67. The van der Waals surface area contributed by atoms with E-state index in [1.54, 1.807) is 0 Å². The van der Waals surface area contributed by atoms with Crippen molar-refractivity contribution >= 4 is 8.80 Å². The highest BCUT2D eigenvalue weighted by molar-refractivity contribution is 6.62. The molecule has 0 aromatic heterocycles. The lowest BCUT2D eigenvalue weighted by Gasteiger charge is -2.34. The minimum absolute atomic E-state index is 0.0205. The van der Waals surface area contributed by atoms with Gasteiger partial charge in [-0.3, -0.25) is 5.32 Å². The van der Waals surface area contributed by atoms with Gasteiger partial charge in [0.25, 0.3) is 0 Å². The molecule has 0 rings (SSSR count). The van der Waals surface area contributed by atoms with Crippen LogP contribution in [0.15, 0.2) is 0 Å². The fraction of sp³-hybridized carbons (Fsp3) is 1.00. The molecule has 0 saturated carbocycles. The Morgan fingerprint density at radius 3 is 1.61 bits per heavy atom. The van der Waals surface area contributed by atoms with Crippen molar-refractivity contribution in [1.82, 2.24) is 5.32 Å². The predicted molar refractivity (Wildman–Crippen MR) is 76.1 cm³/mol. The summed E-state index contributed by atoms with van der Waals surface area (Å²) in [5.41, 5.74) is 5.58. The van der Waals surface area contributed by atoms with Crippen molar-refractivity contribution in [3.05, 3.63) is 0 Å². The lowest BCUT2D eigenvalue weighted by molar-refractivity contribution is 0.0485. The van der Waals surface area contributed by atoms with Crippen molar-refractivity contribution in [3.8, 4) is 0 Å². The largest absolute Gasteiger partial charge is 0.518 e. The summed E-state index contributed by atoms with van der Waals surface area (Å²) in [4.78, 5) is 0. The van der Waals surface area contributed by atoms with Gasteiger partial charge in [-0.05, 0) is 26.2 Å². The molecule has 0 aliphatic rings. The number of nitrogens with one attached hydrogen (secondary N) is 1. The molecule has 0 radical (unpaired) electrons. The molecule has 110 valence electrons. The summed E-state index contributed by atoms with van der Waals surface area (Å²) in [6.45, 7) is 10.7. The van der Waals surface area contributed by atoms with Gasteiger partial charge >= 0.3 is 8.80 Å². The molecule has 0 bridgehead atoms. The van der Waals surface area contributed by atoms with Crippen LogP contribution >= 0.6 is 0 Å². The van der Waals surface area contributed by atoms with Crippen LogP contribution < -0.4 is 11.1 Å². The lowest BCUT2D eigenvalue weighted by Crippen LogP contribution is -2.61. The molecule has 1 atom stereocenters. The van der Waals surface area contributed by atoms with Gasteiger partial charge in [-0.2, -0.15) is 0 Å². The van der Waals surface area contributed by atoms with Crippen LogP contribution in [0, 0.1) is 0 Å². The van der Waals surface area contributed by atoms with E-state index in [4.69, 9.17) is 19.0 Å². The van der Waals surface area contributed by atoms with E-state index in [9.17, 15) is 0 Å². The minimum Gasteiger partial charge on any atom is -0.373 e. The lowest BCUT2D eigenvalue weighted by atomic mass is 10.5. The van der Waals surface area contributed by atoms with Crippen molar-refractivity contribution in [2.45, 2.75) is 52.6 Å². The summed E-state index contributed by atoms with van der Waals surface area (Å²) < 4.78 is 17.9. The highest BCUT2D eigenvalue weighted by Gasteiger charge is 2.47. The Balaban J connectivity index is 4.72. The van der Waals surface area contributed by atoms with Crippen LogP contribution in [0.25, 0.3) is 0 Å². The van der Waals surface area contributed by atoms with Gasteiger partial charge < -0.3 is 19.0 Å². The maximum atomic E-state index is 5.97. The summed E-state index contributed by atoms with van der Waals surface area (Å²) in [6.07, 6.45) is 2.86. The third kappa shape index (κ3) is 6.26. The quantitative estimate of drug-likeness (QED) is 0.420. The molecule has 0 aliphatic heterocycles. The van der Waals surface area contributed by atoms with E-state index in [-0.39, 0.29) is 5.67 Å². The van der Waals surface area contributed by atoms with Crippen molar-refractivity contribution in [2.24, 2.45) is 5.73 Å². The molecule has 0 fully saturated rings. The van der Waals surface area contributed by atoms with Gasteiger partial charge in [0.1, 0.15) is 0 Å². The van der Waals surface area contributed by atoms with Crippen LogP contribution in [-0.2, 0) is 13.3 Å². The first-order chi connectivity index (χ1) is 8.66. The third-order valence-electron chi connectivity index (χ3n) is 2.48. The summed E-state index contributed by atoms with van der Waals surface area (Å²) in [5, 5.41) is 3.18. The van der Waals surface area contributed by atoms with Crippen LogP contribution in [0.3, 0.4) is 0 Å². The van der Waals surface area contributed by atoms with Crippen LogP contribution in [0.2, 0.25) is 0 Å². The predicted octanol–water partition coefficient (Wildman–Crippen LogP) is 1.64. The molecule has 0 amide bonds. The number of hydrogen-bond acceptors (Lipinski definition) is 5. The fourth-order valence-electron chi connectivity index (χ4n) is 1.53. The second-order valence-electron chi connectivity index (χ2n) is 4.28. The molecule has 0 heterocycles. The monoisotopic (exact) mass is 278 g/mol. The van der Waals surface area contributed by atoms with Crippen LogP contribution in [0.1, 0.15) is 47.0 Å². The molecule has 1 unspecified atom stereocenters. The zero-order valence-corrected chi connectivity index (χ0v) is 13.3. The highest BCUT2D eigenvalue weighted by atomic mass is 28.4. The van der Waals surface area contributed by atoms with Crippen molar-refractivity contribution < 1.29 is 13.3 Å². The van der Waals surface area contributed by atoms with E-state index in [0.717, 1.165) is 19.3 Å². The summed E-state index contributed by atoms with van der Waals surface area (Å²) in [5.74, 6) is 0. The van der Waals surface area contributed by atoms with Gasteiger partial charge in [-0.25, -0.2) is 0 Å². The molecule has 6 heteroatoms. The Morgan fingerprint density at radius 2 is 1.33 bits per heavy atom. The normalized spacial score (nSPS) is 13.8. The van der Waals surface area contributed by atoms with E-state index in [1.807, 2.05) is 6.92 Å². The topological polar surface area (TPSA) is 65.7 Å². The molecule has 3 N–H and O–H groups in total. The summed E-state index contributed by atoms with van der Waals surface area (Å²) in [6, 6.07) is 0. The van der Waals surface area contributed by atoms with Gasteiger partial charge in [-0.1, -0.05) is 20.8 Å². The number of nitrogens with two attached hydrogens (primary N) is 1. The number of rotatable bonds is 12. The molecule has 0 aromatic carbocycles. The van der Waals surface area contributed by atoms with E-state index in [0.29, 0.717) is 26.5 Å². The van der Waals surface area contributed by atoms with Gasteiger partial charge in [0, 0.05) is 26.5 Å². The number of hydrogen-bond donors (Lipinski definition) is 2. The Bertz CT molecular complexity index is 174. The van der Waals surface area contributed by atoms with Crippen LogP contribution in [0.5, 0.6) is 0 Å². The van der Waals surface area contributed by atoms with Gasteiger partial charge in [0.15, 0.2) is 0 Å². The van der Waals surface area contributed by atoms with E-state index >= 15 is 0 Å². The van der Waals surface area contributed by atoms with Crippen molar-refractivity contribution in [2.75, 3.05) is 26.5 Å². The second kappa shape index (κ2) is 10.9. The Kier molecular flexibility index (Phi) is 10.9. The van der Waals surface area contributed by atoms with E-state index in [2.05, 4.69) is 26.1 Å². The Hall–Kier alpha value is 0.0169. The molecule has 0 aliphatic carbocycles. The van der Waals surface area contributed by atoms with E-state index < -0.39 is 8.80 Å². The molecule has 0 saturated heterocycles. The smallest absolute Gasteiger partial charge is 0.373 e. The second-order valence-corrected chi connectivity index (χ2v) is 7.22. The third-order valence-corrected chi connectivity index (χ3v) is 5.56. The fourth-order valence-corrected chi connectivity index (χ4v) is 4.37. The maximum absolute atomic E-state index is 5.97. The van der Waals surface area contributed by atoms with Crippen molar-refractivity contribution in [3.63, 3.8) is 0 Å². The molecule has 5 nitrogen and oxygen atoms in total. The minimum atomic E-state index is -2.67. The summed E-state index contributed by atoms with van der Waals surface area (Å²) >= 11 is 0. The zero-order chi connectivity index (χ0) is 13.9. The molecular weight excluding hydrogens is 248 g/mol. The molecule has 18 heavy (non-hydrogen) atoms. The van der Waals surface area contributed by atoms with Gasteiger partial charge in [0.2, 0.25) is 0 Å². The van der Waals surface area contributed by atoms with Crippen LogP contribution in [-0.4, -0.2) is 41.0 Å². The standard InChI is InChI=1S/C12H30N2O3Si/c1-5-8-15-18(16-9-6-2,17-10-7-3)12(4)14-11-13/h12,14H,5-11,13H2,1-4H3. The average molecular weight is 278 g/mol. The average Bonchev–Trinajstić information content (AvgIpc) is 2.38. The van der Waals surface area contributed by atoms with Crippen molar-refractivity contribution in [1.29, 1.82) is 0 Å². The first kappa shape index (κ1) is 18.0. The van der Waals surface area contributed by atoms with Gasteiger partial charge in [-0.15, -0.1) is 0 Å². The van der Waals surface area contributed by atoms with Crippen LogP contribution in [0.4, 0.5) is 0 Å². The Labute approximate surface area is 113 Å².